The number of fused-ring (bicyclic) bond motifs is 5. The van der Waals surface area contributed by atoms with E-state index in [4.69, 9.17) is 38.0 Å². The van der Waals surface area contributed by atoms with Crippen molar-refractivity contribution in [3.63, 3.8) is 0 Å². The molecule has 0 aliphatic carbocycles. The summed E-state index contributed by atoms with van der Waals surface area (Å²) in [5.74, 6) is -0.564. The molecule has 8 rings (SSSR count). The van der Waals surface area contributed by atoms with Gasteiger partial charge in [-0.1, -0.05) is 29.8 Å². The fraction of sp³-hybridized carbons (Fsp3) is 0.343. The van der Waals surface area contributed by atoms with Crippen molar-refractivity contribution < 1.29 is 59.9 Å². The molecule has 20 nitrogen and oxygen atoms in total. The first kappa shape index (κ1) is 43.3. The van der Waals surface area contributed by atoms with Crippen molar-refractivity contribution in [1.82, 2.24) is 29.1 Å². The van der Waals surface area contributed by atoms with Crippen LogP contribution in [0, 0.1) is 14.4 Å². The third kappa shape index (κ3) is 8.96. The second kappa shape index (κ2) is 17.3. The largest absolute Gasteiger partial charge is 0.756 e. The monoisotopic (exact) mass is 893 g/mol. The maximum atomic E-state index is 16.4. The summed E-state index contributed by atoms with van der Waals surface area (Å²) in [6, 6.07) is 13.8. The van der Waals surface area contributed by atoms with E-state index in [2.05, 4.69) is 15.0 Å². The third-order valence-corrected chi connectivity index (χ3v) is 14.0. The van der Waals surface area contributed by atoms with Gasteiger partial charge in [0.1, 0.15) is 42.0 Å². The van der Waals surface area contributed by atoms with Crippen molar-refractivity contribution in [2.45, 2.75) is 61.9 Å². The molecule has 0 radical (unpaired) electrons. The highest BCUT2D eigenvalue weighted by Gasteiger charge is 2.54. The molecule has 0 amide bonds. The van der Waals surface area contributed by atoms with E-state index < -0.39 is 94.3 Å². The van der Waals surface area contributed by atoms with E-state index in [-0.39, 0.29) is 35.9 Å². The second-order valence-corrected chi connectivity index (χ2v) is 18.8. The Hall–Kier alpha value is -4.80. The predicted molar refractivity (Wildman–Crippen MR) is 206 cm³/mol. The lowest BCUT2D eigenvalue weighted by atomic mass is 10.1. The van der Waals surface area contributed by atoms with Gasteiger partial charge in [0.15, 0.2) is 36.3 Å². The first-order valence-electron chi connectivity index (χ1n) is 17.6. The highest BCUT2D eigenvalue weighted by molar-refractivity contribution is 8.54. The van der Waals surface area contributed by atoms with Gasteiger partial charge >= 0.3 is 18.5 Å². The molecule has 318 valence electrons. The van der Waals surface area contributed by atoms with Gasteiger partial charge in [0.05, 0.1) is 25.1 Å². The zero-order valence-electron chi connectivity index (χ0n) is 31.3. The van der Waals surface area contributed by atoms with Gasteiger partial charge < -0.3 is 33.9 Å². The highest BCUT2D eigenvalue weighted by atomic mass is 32.7. The van der Waals surface area contributed by atoms with E-state index in [1.54, 1.807) is 36.4 Å². The normalized spacial score (nSPS) is 30.7. The number of hydrogen-bond acceptors (Lipinski definition) is 18. The van der Waals surface area contributed by atoms with E-state index >= 15 is 8.78 Å². The van der Waals surface area contributed by atoms with Gasteiger partial charge in [-0.05, 0) is 48.1 Å². The first-order valence-corrected chi connectivity index (χ1v) is 22.2. The van der Waals surface area contributed by atoms with E-state index in [9.17, 15) is 28.4 Å². The minimum Gasteiger partial charge on any atom is -0.756 e. The van der Waals surface area contributed by atoms with Crippen LogP contribution in [0.4, 0.5) is 14.6 Å². The van der Waals surface area contributed by atoms with Crippen molar-refractivity contribution >= 4 is 49.0 Å². The average molecular weight is 894 g/mol. The van der Waals surface area contributed by atoms with E-state index in [0.29, 0.717) is 22.5 Å². The number of rotatable bonds is 7. The Labute approximate surface area is 342 Å². The minimum atomic E-state index is -5.51. The minimum absolute atomic E-state index is 0. The lowest BCUT2D eigenvalue weighted by molar-refractivity contribution is -0.236. The summed E-state index contributed by atoms with van der Waals surface area (Å²) in [7, 11) is -5.51. The van der Waals surface area contributed by atoms with E-state index in [1.165, 1.54) is 12.1 Å². The molecule has 3 saturated heterocycles. The van der Waals surface area contributed by atoms with Crippen molar-refractivity contribution in [3.05, 3.63) is 118 Å². The molecule has 0 spiro atoms. The number of nitrogens with zero attached hydrogens (tertiary/aromatic N) is 5. The number of esters is 1. The quantitative estimate of drug-likeness (QED) is 0.102. The lowest BCUT2D eigenvalue weighted by Gasteiger charge is -2.30. The lowest BCUT2D eigenvalue weighted by Crippen LogP contribution is -2.38. The number of imidazole rings is 1. The van der Waals surface area contributed by atoms with Crippen LogP contribution in [0.1, 0.15) is 33.9 Å². The number of nitrogens with one attached hydrogen (secondary N) is 1. The molecule has 0 saturated carbocycles. The predicted octanol–water partition coefficient (Wildman–Crippen LogP) is 3.73. The maximum absolute atomic E-state index is 16.4. The standard InChI is InChI=1S/C34H33F2N7O13P2S.CH3/c1-17-2-6-19(7-3-17)33(45)52-20-8-4-18(5-9-20)14-59-58(49)51-13-22-24(35)27(32(54-22)43-16-40-26-29(37)38-15-39-30(26)43)55-57(47,48)50-12-21-25(36)28(56-58)31(53-21)42-11-10-23(44)41-34(42)46;/h2-11,15-16,21-22,24-25,27-28,31-32H,12-14H2,1H3,(H,47,48)(H2,37,38,39)(H,41,44,46);1H3/q;+1/p-1/t21-,22-,24-,25-,27-,28-,31-,32-,58?;/m1./s1. The molecule has 3 aliphatic rings. The second-order valence-electron chi connectivity index (χ2n) is 13.4. The van der Waals surface area contributed by atoms with Crippen LogP contribution in [0.15, 0.2) is 83.0 Å². The number of aryl methyl sites for hydroxylation is 1. The Morgan fingerprint density at radius 2 is 1.58 bits per heavy atom. The third-order valence-electron chi connectivity index (χ3n) is 9.42. The summed E-state index contributed by atoms with van der Waals surface area (Å²) in [5, 5.41) is 0. The Balaban J connectivity index is 0.00000544. The average Bonchev–Trinajstić information content (AvgIpc) is 3.86. The summed E-state index contributed by atoms with van der Waals surface area (Å²) >= 11 is 0.558. The number of alkyl halides is 2. The number of H-pyrrole nitrogens is 1. The molecular weight excluding hydrogens is 858 g/mol. The summed E-state index contributed by atoms with van der Waals surface area (Å²) in [6.45, 7) is -4.76. The molecule has 3 aromatic heterocycles. The number of halogens is 2. The van der Waals surface area contributed by atoms with E-state index in [1.807, 2.05) is 11.9 Å². The van der Waals surface area contributed by atoms with Crippen LogP contribution in [0.2, 0.25) is 0 Å². The number of anilines is 1. The number of phosphoric ester groups is 1. The summed E-state index contributed by atoms with van der Waals surface area (Å²) < 4.78 is 101. The van der Waals surface area contributed by atoms with Crippen molar-refractivity contribution in [3.8, 4) is 5.75 Å². The number of aromatic amines is 1. The molecule has 3 fully saturated rings. The van der Waals surface area contributed by atoms with Crippen LogP contribution in [-0.4, -0.2) is 85.0 Å². The summed E-state index contributed by atoms with van der Waals surface area (Å²) in [6.07, 6.45) is -12.2. The molecule has 25 heteroatoms. The molecule has 10 atom stereocenters. The Kier molecular flexibility index (Phi) is 12.5. The number of ether oxygens (including phenoxy) is 3. The number of carbonyl (C=O) groups excluding carboxylic acids is 1. The van der Waals surface area contributed by atoms with Crippen LogP contribution < -0.4 is 26.6 Å². The smallest absolute Gasteiger partial charge is 0.390 e. The van der Waals surface area contributed by atoms with Gasteiger partial charge in [0.2, 0.25) is 0 Å². The van der Waals surface area contributed by atoms with Crippen molar-refractivity contribution in [2.24, 2.45) is 0 Å². The zero-order chi connectivity index (χ0) is 41.6. The van der Waals surface area contributed by atoms with Gasteiger partial charge in [-0.15, -0.1) is 0 Å². The Bertz CT molecular complexity index is 2580. The molecule has 3 aliphatic heterocycles. The number of benzene rings is 2. The SMILES string of the molecule is Cc1ccc(C(=O)Oc2ccc(CSP3(=O)OC[C@H]4O[C@@H](n5cnc6c(N)ncnc65)[C@H](OP(=O)([O-])OC[C@H]5O[C@@H](n6ccc(=O)[nH]c6=O)[C@H](O3)[C@@H]5F)[C@@H]4F)cc2)cc1.[CH3+]. The van der Waals surface area contributed by atoms with Gasteiger partial charge in [0, 0.05) is 25.4 Å². The first-order chi connectivity index (χ1) is 28.2. The van der Waals surface area contributed by atoms with Crippen LogP contribution in [0.5, 0.6) is 5.75 Å². The molecule has 3 N–H and O–H groups in total. The molecule has 2 unspecified atom stereocenters. The van der Waals surface area contributed by atoms with Gasteiger partial charge in [-0.3, -0.25) is 32.5 Å². The van der Waals surface area contributed by atoms with Crippen LogP contribution >= 0.6 is 26.0 Å². The van der Waals surface area contributed by atoms with Crippen molar-refractivity contribution in [1.29, 1.82) is 0 Å². The van der Waals surface area contributed by atoms with Crippen LogP contribution in [0.25, 0.3) is 11.2 Å². The number of nitrogen functional groups attached to an aromatic ring is 1. The molecule has 4 bridgehead atoms. The number of hydrogen-bond donors (Lipinski definition) is 2. The van der Waals surface area contributed by atoms with Gasteiger partial charge in [0.25, 0.3) is 13.4 Å². The number of carbonyl (C=O) groups is 1. The number of nitrogens with two attached hydrogens (primary N) is 1. The molecule has 5 aromatic rings. The zero-order valence-corrected chi connectivity index (χ0v) is 34.0. The number of phosphoric acid groups is 1. The number of aromatic nitrogens is 6. The van der Waals surface area contributed by atoms with E-state index in [0.717, 1.165) is 39.6 Å². The maximum Gasteiger partial charge on any atom is 0.390 e. The fourth-order valence-electron chi connectivity index (χ4n) is 6.43. The topological polar surface area (TPSA) is 263 Å². The Morgan fingerprint density at radius 1 is 0.933 bits per heavy atom. The summed E-state index contributed by atoms with van der Waals surface area (Å²) in [5.41, 5.74) is 5.95. The van der Waals surface area contributed by atoms with Crippen molar-refractivity contribution in [2.75, 3.05) is 18.9 Å². The summed E-state index contributed by atoms with van der Waals surface area (Å²) in [4.78, 5) is 64.6. The van der Waals surface area contributed by atoms with Gasteiger partial charge in [-0.25, -0.2) is 37.9 Å². The Morgan fingerprint density at radius 3 is 2.27 bits per heavy atom. The molecule has 60 heavy (non-hydrogen) atoms. The molecule has 6 heterocycles. The van der Waals surface area contributed by atoms with Crippen LogP contribution in [0.3, 0.4) is 0 Å². The molecular formula is C35H35F2N7O13P2S. The molecule has 2 aromatic carbocycles. The van der Waals surface area contributed by atoms with Gasteiger partial charge in [-0.2, -0.15) is 0 Å². The van der Waals surface area contributed by atoms with Crippen LogP contribution in [-0.2, 0) is 42.5 Å². The fourth-order valence-corrected chi connectivity index (χ4v) is 10.7. The highest BCUT2D eigenvalue weighted by Crippen LogP contribution is 2.65.